The quantitative estimate of drug-likeness (QED) is 0.280. The molecule has 12 nitrogen and oxygen atoms in total. The number of hydrogen-bond donors (Lipinski definition) is 1. The second kappa shape index (κ2) is 11.5. The maximum Gasteiger partial charge on any atom is 0.223 e. The molecule has 7 rings (SSSR count). The number of likely N-dealkylation sites (tertiary alicyclic amines) is 1. The molecule has 0 aliphatic carbocycles. The summed E-state index contributed by atoms with van der Waals surface area (Å²) in [7, 11) is 0. The monoisotopic (exact) mass is 572 g/mol. The van der Waals surface area contributed by atoms with Crippen LogP contribution in [-0.2, 0) is 24.2 Å². The van der Waals surface area contributed by atoms with E-state index in [9.17, 15) is 0 Å². The van der Waals surface area contributed by atoms with E-state index in [0.717, 1.165) is 80.4 Å². The Balaban J connectivity index is 1.01. The van der Waals surface area contributed by atoms with Crippen LogP contribution < -0.4 is 4.74 Å². The predicted molar refractivity (Wildman–Crippen MR) is 150 cm³/mol. The minimum atomic E-state index is 0.103. The van der Waals surface area contributed by atoms with Crippen molar-refractivity contribution in [3.05, 3.63) is 70.9 Å². The number of aromatic amines is 1. The normalized spacial score (nSPS) is 18.0. The van der Waals surface area contributed by atoms with Crippen molar-refractivity contribution in [1.29, 1.82) is 0 Å². The molecule has 0 saturated carbocycles. The highest BCUT2D eigenvalue weighted by Crippen LogP contribution is 2.25. The topological polar surface area (TPSA) is 133 Å². The largest absolute Gasteiger partial charge is 0.474 e. The maximum absolute atomic E-state index is 6.28. The Hall–Kier alpha value is -4.00. The summed E-state index contributed by atoms with van der Waals surface area (Å²) in [6, 6.07) is 13.4. The molecule has 0 radical (unpaired) electrons. The van der Waals surface area contributed by atoms with E-state index in [0.29, 0.717) is 28.8 Å². The SMILES string of the molecule is Clc1ccc(Cc2nccc(OC3CCN(Cc4nc5ccc(-c6nn[nH]n6)nc5n4C[C@@H]4CCO4)CC3)n2)cc1. The molecule has 1 N–H and O–H groups in total. The van der Waals surface area contributed by atoms with Crippen LogP contribution in [0.4, 0.5) is 0 Å². The number of piperidine rings is 1. The minimum Gasteiger partial charge on any atom is -0.474 e. The van der Waals surface area contributed by atoms with Gasteiger partial charge in [-0.15, -0.1) is 10.2 Å². The Morgan fingerprint density at radius 1 is 1.00 bits per heavy atom. The Morgan fingerprint density at radius 2 is 1.85 bits per heavy atom. The van der Waals surface area contributed by atoms with Crippen molar-refractivity contribution < 1.29 is 9.47 Å². The molecule has 5 aromatic rings. The Bertz CT molecular complexity index is 1610. The van der Waals surface area contributed by atoms with Crippen LogP contribution in [0.1, 0.15) is 36.5 Å². The number of hydrogen-bond acceptors (Lipinski definition) is 10. The number of rotatable bonds is 9. The molecule has 4 aromatic heterocycles. The van der Waals surface area contributed by atoms with Gasteiger partial charge < -0.3 is 14.0 Å². The van der Waals surface area contributed by atoms with Gasteiger partial charge in [-0.1, -0.05) is 23.7 Å². The summed E-state index contributed by atoms with van der Waals surface area (Å²) in [5, 5.41) is 15.0. The van der Waals surface area contributed by atoms with Gasteiger partial charge in [-0.05, 0) is 54.3 Å². The number of tetrazole rings is 1. The summed E-state index contributed by atoms with van der Waals surface area (Å²) in [5.41, 5.74) is 3.43. The number of aromatic nitrogens is 9. The van der Waals surface area contributed by atoms with E-state index < -0.39 is 0 Å². The smallest absolute Gasteiger partial charge is 0.223 e. The summed E-state index contributed by atoms with van der Waals surface area (Å²) in [6.07, 6.45) is 5.52. The molecule has 2 saturated heterocycles. The number of imidazole rings is 1. The van der Waals surface area contributed by atoms with E-state index in [-0.39, 0.29) is 12.2 Å². The summed E-state index contributed by atoms with van der Waals surface area (Å²) in [6.45, 7) is 4.05. The molecule has 2 aliphatic rings. The molecule has 0 bridgehead atoms. The van der Waals surface area contributed by atoms with Gasteiger partial charge in [-0.2, -0.15) is 10.2 Å². The number of H-pyrrole nitrogens is 1. The number of fused-ring (bicyclic) bond motifs is 1. The summed E-state index contributed by atoms with van der Waals surface area (Å²) >= 11 is 6.01. The van der Waals surface area contributed by atoms with Crippen LogP contribution in [0.15, 0.2) is 48.7 Å². The fraction of sp³-hybridized carbons (Fsp3) is 0.393. The van der Waals surface area contributed by atoms with Crippen LogP contribution >= 0.6 is 11.6 Å². The van der Waals surface area contributed by atoms with Gasteiger partial charge in [0.15, 0.2) is 5.65 Å². The zero-order chi connectivity index (χ0) is 27.6. The Labute approximate surface area is 241 Å². The summed E-state index contributed by atoms with van der Waals surface area (Å²) in [4.78, 5) is 21.3. The molecule has 2 fully saturated rings. The Morgan fingerprint density at radius 3 is 2.61 bits per heavy atom. The van der Waals surface area contributed by atoms with Crippen molar-refractivity contribution in [2.45, 2.75) is 51.0 Å². The number of pyridine rings is 1. The van der Waals surface area contributed by atoms with Crippen LogP contribution in [0.5, 0.6) is 5.88 Å². The zero-order valence-corrected chi connectivity index (χ0v) is 23.1. The number of nitrogens with zero attached hydrogens (tertiary/aromatic N) is 9. The predicted octanol–water partition coefficient (Wildman–Crippen LogP) is 3.48. The van der Waals surface area contributed by atoms with Gasteiger partial charge in [0, 0.05) is 43.4 Å². The van der Waals surface area contributed by atoms with Gasteiger partial charge >= 0.3 is 0 Å². The highest BCUT2D eigenvalue weighted by atomic mass is 35.5. The lowest BCUT2D eigenvalue weighted by Crippen LogP contribution is -2.39. The first-order valence-electron chi connectivity index (χ1n) is 13.8. The molecule has 210 valence electrons. The van der Waals surface area contributed by atoms with E-state index in [1.165, 1.54) is 0 Å². The molecule has 41 heavy (non-hydrogen) atoms. The minimum absolute atomic E-state index is 0.103. The van der Waals surface area contributed by atoms with Crippen LogP contribution in [-0.4, -0.2) is 81.9 Å². The van der Waals surface area contributed by atoms with Crippen LogP contribution in [0.25, 0.3) is 22.7 Å². The fourth-order valence-electron chi connectivity index (χ4n) is 5.26. The van der Waals surface area contributed by atoms with Crippen molar-refractivity contribution in [2.75, 3.05) is 19.7 Å². The first kappa shape index (κ1) is 25.9. The van der Waals surface area contributed by atoms with E-state index >= 15 is 0 Å². The molecular formula is C28H29ClN10O2. The summed E-state index contributed by atoms with van der Waals surface area (Å²) in [5.74, 6) is 2.79. The molecule has 1 aromatic carbocycles. The fourth-order valence-corrected chi connectivity index (χ4v) is 5.39. The van der Waals surface area contributed by atoms with Gasteiger partial charge in [-0.25, -0.2) is 15.0 Å². The highest BCUT2D eigenvalue weighted by molar-refractivity contribution is 6.30. The number of halogens is 1. The van der Waals surface area contributed by atoms with Crippen molar-refractivity contribution in [3.8, 4) is 17.4 Å². The second-order valence-electron chi connectivity index (χ2n) is 10.4. The summed E-state index contributed by atoms with van der Waals surface area (Å²) < 4.78 is 14.2. The van der Waals surface area contributed by atoms with E-state index in [1.807, 2.05) is 42.5 Å². The molecule has 1 atom stereocenters. The first-order valence-corrected chi connectivity index (χ1v) is 14.2. The lowest BCUT2D eigenvalue weighted by atomic mass is 10.1. The van der Waals surface area contributed by atoms with Gasteiger partial charge in [0.2, 0.25) is 11.7 Å². The van der Waals surface area contributed by atoms with Crippen molar-refractivity contribution in [1.82, 2.24) is 50.0 Å². The van der Waals surface area contributed by atoms with Gasteiger partial charge in [-0.3, -0.25) is 4.90 Å². The molecule has 0 amide bonds. The van der Waals surface area contributed by atoms with Crippen LogP contribution in [0.2, 0.25) is 5.02 Å². The third-order valence-corrected chi connectivity index (χ3v) is 7.82. The van der Waals surface area contributed by atoms with E-state index in [2.05, 4.69) is 40.1 Å². The van der Waals surface area contributed by atoms with Crippen LogP contribution in [0.3, 0.4) is 0 Å². The Kier molecular flexibility index (Phi) is 7.26. The highest BCUT2D eigenvalue weighted by Gasteiger charge is 2.26. The lowest BCUT2D eigenvalue weighted by molar-refractivity contribution is -0.0593. The number of benzene rings is 1. The van der Waals surface area contributed by atoms with Gasteiger partial charge in [0.25, 0.3) is 0 Å². The average molecular weight is 573 g/mol. The second-order valence-corrected chi connectivity index (χ2v) is 10.8. The number of nitrogens with one attached hydrogen (secondary N) is 1. The zero-order valence-electron chi connectivity index (χ0n) is 22.4. The first-order chi connectivity index (χ1) is 20.2. The van der Waals surface area contributed by atoms with Crippen molar-refractivity contribution >= 4 is 22.8 Å². The molecule has 0 spiro atoms. The molecule has 2 aliphatic heterocycles. The lowest BCUT2D eigenvalue weighted by Gasteiger charge is -2.32. The van der Waals surface area contributed by atoms with Gasteiger partial charge in [0.05, 0.1) is 19.2 Å². The third kappa shape index (κ3) is 5.90. The van der Waals surface area contributed by atoms with E-state index in [4.69, 9.17) is 31.0 Å². The average Bonchev–Trinajstić information content (AvgIpc) is 3.61. The molecular weight excluding hydrogens is 544 g/mol. The number of ether oxygens (including phenoxy) is 2. The molecule has 6 heterocycles. The standard InChI is InChI=1S/C28H29ClN10O2/c29-19-3-1-18(2-4-19)15-24-30-11-7-26(33-24)41-20-8-12-38(13-9-20)17-25-31-23-6-5-22(27-34-36-37-35-27)32-28(23)39(25)16-21-10-14-40-21/h1-7,11,20-21H,8-10,12-17H2,(H,34,35,36,37)/t21-/m0/s1. The van der Waals surface area contributed by atoms with Crippen LogP contribution in [0, 0.1) is 0 Å². The van der Waals surface area contributed by atoms with E-state index in [1.54, 1.807) is 6.20 Å². The van der Waals surface area contributed by atoms with Crippen molar-refractivity contribution in [2.24, 2.45) is 0 Å². The molecule has 0 unspecified atom stereocenters. The van der Waals surface area contributed by atoms with Gasteiger partial charge in [0.1, 0.15) is 29.0 Å². The third-order valence-electron chi connectivity index (χ3n) is 7.57. The maximum atomic E-state index is 6.28. The molecule has 13 heteroatoms. The van der Waals surface area contributed by atoms with Crippen molar-refractivity contribution in [3.63, 3.8) is 0 Å².